The Kier molecular flexibility index (Phi) is 6.17. The van der Waals surface area contributed by atoms with Crippen LogP contribution in [0.5, 0.6) is 0 Å². The Hall–Kier alpha value is -3.84. The monoisotopic (exact) mass is 483 g/mol. The highest BCUT2D eigenvalue weighted by molar-refractivity contribution is 7.99. The number of nitrogens with one attached hydrogen (secondary N) is 1. The first-order valence-electron chi connectivity index (χ1n) is 11.5. The van der Waals surface area contributed by atoms with E-state index >= 15 is 0 Å². The molecule has 2 aromatic heterocycles. The Morgan fingerprint density at radius 1 is 1.03 bits per heavy atom. The Labute approximate surface area is 207 Å². The molecule has 0 atom stereocenters. The van der Waals surface area contributed by atoms with Gasteiger partial charge in [0.25, 0.3) is 0 Å². The van der Waals surface area contributed by atoms with Crippen LogP contribution in [0.15, 0.2) is 81.1 Å². The predicted octanol–water partition coefficient (Wildman–Crippen LogP) is 6.04. The van der Waals surface area contributed by atoms with Crippen LogP contribution in [-0.2, 0) is 11.2 Å². The van der Waals surface area contributed by atoms with E-state index in [0.717, 1.165) is 34.2 Å². The first kappa shape index (κ1) is 22.9. The summed E-state index contributed by atoms with van der Waals surface area (Å²) in [6.45, 7) is 6.08. The van der Waals surface area contributed by atoms with Crippen LogP contribution in [0.25, 0.3) is 27.8 Å². The number of furan rings is 1. The third-order valence-corrected chi connectivity index (χ3v) is 7.06. The van der Waals surface area contributed by atoms with Gasteiger partial charge in [-0.1, -0.05) is 55.1 Å². The lowest BCUT2D eigenvalue weighted by molar-refractivity contribution is -0.113. The SMILES string of the molecule is CCc1ccccc1NC(=O)CSc1nc2c(oc3ccccc32)c(=O)n1-c1ccc(C)c(C)c1. The van der Waals surface area contributed by atoms with Gasteiger partial charge in [0.05, 0.1) is 11.4 Å². The predicted molar refractivity (Wildman–Crippen MR) is 142 cm³/mol. The van der Waals surface area contributed by atoms with Crippen molar-refractivity contribution in [2.75, 3.05) is 11.1 Å². The average molecular weight is 484 g/mol. The highest BCUT2D eigenvalue weighted by atomic mass is 32.2. The lowest BCUT2D eigenvalue weighted by atomic mass is 10.1. The lowest BCUT2D eigenvalue weighted by Crippen LogP contribution is -2.22. The number of hydrogen-bond acceptors (Lipinski definition) is 5. The zero-order valence-electron chi connectivity index (χ0n) is 19.8. The highest BCUT2D eigenvalue weighted by Crippen LogP contribution is 2.29. The van der Waals surface area contributed by atoms with Gasteiger partial charge in [0, 0.05) is 11.1 Å². The summed E-state index contributed by atoms with van der Waals surface area (Å²) in [7, 11) is 0. The van der Waals surface area contributed by atoms with Crippen LogP contribution in [0.3, 0.4) is 0 Å². The molecule has 0 unspecified atom stereocenters. The van der Waals surface area contributed by atoms with Crippen molar-refractivity contribution in [3.63, 3.8) is 0 Å². The molecular formula is C28H25N3O3S. The van der Waals surface area contributed by atoms with E-state index < -0.39 is 0 Å². The molecule has 0 fully saturated rings. The van der Waals surface area contributed by atoms with Gasteiger partial charge in [0.1, 0.15) is 11.1 Å². The number of anilines is 1. The standard InChI is InChI=1S/C28H25N3O3S/c1-4-19-9-5-7-11-22(19)29-24(32)16-35-28-30-25-21-10-6-8-12-23(21)34-26(25)27(33)31(28)20-14-13-17(2)18(3)15-20/h5-15H,4,16H2,1-3H3,(H,29,32). The third-order valence-electron chi connectivity index (χ3n) is 6.12. The van der Waals surface area contributed by atoms with E-state index in [-0.39, 0.29) is 22.8 Å². The van der Waals surface area contributed by atoms with Crippen molar-refractivity contribution in [3.05, 3.63) is 93.8 Å². The second kappa shape index (κ2) is 9.43. The first-order chi connectivity index (χ1) is 17.0. The smallest absolute Gasteiger partial charge is 0.302 e. The lowest BCUT2D eigenvalue weighted by Gasteiger charge is -2.14. The van der Waals surface area contributed by atoms with E-state index in [4.69, 9.17) is 9.40 Å². The van der Waals surface area contributed by atoms with E-state index in [1.165, 1.54) is 16.3 Å². The molecule has 0 saturated heterocycles. The molecule has 0 aliphatic heterocycles. The van der Waals surface area contributed by atoms with Gasteiger partial charge in [-0.2, -0.15) is 0 Å². The van der Waals surface area contributed by atoms with Crippen molar-refractivity contribution in [2.24, 2.45) is 0 Å². The largest absolute Gasteiger partial charge is 0.448 e. The number of hydrogen-bond donors (Lipinski definition) is 1. The van der Waals surface area contributed by atoms with E-state index in [0.29, 0.717) is 21.9 Å². The second-order valence-electron chi connectivity index (χ2n) is 8.43. The van der Waals surface area contributed by atoms with Gasteiger partial charge in [-0.15, -0.1) is 0 Å². The first-order valence-corrected chi connectivity index (χ1v) is 12.5. The maximum Gasteiger partial charge on any atom is 0.302 e. The van der Waals surface area contributed by atoms with Crippen molar-refractivity contribution < 1.29 is 9.21 Å². The van der Waals surface area contributed by atoms with Crippen molar-refractivity contribution in [3.8, 4) is 5.69 Å². The van der Waals surface area contributed by atoms with Crippen molar-refractivity contribution in [2.45, 2.75) is 32.3 Å². The molecule has 0 bridgehead atoms. The number of nitrogens with zero attached hydrogens (tertiary/aromatic N) is 2. The molecule has 0 aliphatic carbocycles. The molecule has 1 amide bonds. The van der Waals surface area contributed by atoms with Gasteiger partial charge in [-0.05, 0) is 67.3 Å². The molecule has 176 valence electrons. The average Bonchev–Trinajstić information content (AvgIpc) is 3.24. The van der Waals surface area contributed by atoms with Gasteiger partial charge >= 0.3 is 5.56 Å². The number of para-hydroxylation sites is 2. The number of rotatable bonds is 6. The van der Waals surface area contributed by atoms with Gasteiger partial charge in [0.15, 0.2) is 5.16 Å². The molecule has 0 spiro atoms. The number of carbonyl (C=O) groups excluding carboxylic acids is 1. The van der Waals surface area contributed by atoms with Crippen LogP contribution in [0.1, 0.15) is 23.6 Å². The summed E-state index contributed by atoms with van der Waals surface area (Å²) in [4.78, 5) is 31.3. The number of thioether (sulfide) groups is 1. The van der Waals surface area contributed by atoms with Crippen molar-refractivity contribution >= 4 is 45.4 Å². The Morgan fingerprint density at radius 2 is 1.80 bits per heavy atom. The minimum absolute atomic E-state index is 0.108. The zero-order chi connectivity index (χ0) is 24.5. The number of amides is 1. The normalized spacial score (nSPS) is 11.3. The summed E-state index contributed by atoms with van der Waals surface area (Å²) < 4.78 is 7.44. The molecule has 6 nitrogen and oxygen atoms in total. The Bertz CT molecular complexity index is 1630. The molecule has 7 heteroatoms. The van der Waals surface area contributed by atoms with Crippen molar-refractivity contribution in [1.29, 1.82) is 0 Å². The topological polar surface area (TPSA) is 77.1 Å². The summed E-state index contributed by atoms with van der Waals surface area (Å²) in [5, 5.41) is 4.20. The van der Waals surface area contributed by atoms with Crippen LogP contribution < -0.4 is 10.9 Å². The summed E-state index contributed by atoms with van der Waals surface area (Å²) in [5.74, 6) is -0.0506. The quantitative estimate of drug-likeness (QED) is 0.235. The fourth-order valence-electron chi connectivity index (χ4n) is 4.08. The fourth-order valence-corrected chi connectivity index (χ4v) is 4.88. The van der Waals surface area contributed by atoms with Crippen LogP contribution in [-0.4, -0.2) is 21.2 Å². The molecule has 2 heterocycles. The molecule has 35 heavy (non-hydrogen) atoms. The van der Waals surface area contributed by atoms with E-state index in [9.17, 15) is 9.59 Å². The maximum absolute atomic E-state index is 13.7. The molecule has 0 saturated carbocycles. The molecule has 5 rings (SSSR count). The van der Waals surface area contributed by atoms with Gasteiger partial charge in [-0.3, -0.25) is 14.2 Å². The minimum Gasteiger partial charge on any atom is -0.448 e. The van der Waals surface area contributed by atoms with Crippen molar-refractivity contribution in [1.82, 2.24) is 9.55 Å². The van der Waals surface area contributed by atoms with Gasteiger partial charge in [-0.25, -0.2) is 4.98 Å². The number of benzene rings is 3. The van der Waals surface area contributed by atoms with E-state index in [1.807, 2.05) is 80.6 Å². The molecule has 0 aliphatic rings. The van der Waals surface area contributed by atoms with Gasteiger partial charge < -0.3 is 9.73 Å². The molecular weight excluding hydrogens is 458 g/mol. The molecule has 0 radical (unpaired) electrons. The summed E-state index contributed by atoms with van der Waals surface area (Å²) in [5.41, 5.74) is 5.76. The highest BCUT2D eigenvalue weighted by Gasteiger charge is 2.20. The summed E-state index contributed by atoms with van der Waals surface area (Å²) in [6.07, 6.45) is 0.821. The summed E-state index contributed by atoms with van der Waals surface area (Å²) in [6, 6.07) is 21.0. The van der Waals surface area contributed by atoms with Crippen LogP contribution in [0.2, 0.25) is 0 Å². The summed E-state index contributed by atoms with van der Waals surface area (Å²) >= 11 is 1.23. The van der Waals surface area contributed by atoms with E-state index in [1.54, 1.807) is 0 Å². The fraction of sp³-hybridized carbons (Fsp3) is 0.179. The minimum atomic E-state index is -0.298. The van der Waals surface area contributed by atoms with Crippen LogP contribution in [0, 0.1) is 13.8 Å². The molecule has 1 N–H and O–H groups in total. The number of carbonyl (C=O) groups is 1. The number of fused-ring (bicyclic) bond motifs is 3. The van der Waals surface area contributed by atoms with Crippen LogP contribution >= 0.6 is 11.8 Å². The van der Waals surface area contributed by atoms with Gasteiger partial charge in [0.2, 0.25) is 11.5 Å². The third kappa shape index (κ3) is 4.35. The van der Waals surface area contributed by atoms with Crippen LogP contribution in [0.4, 0.5) is 5.69 Å². The number of aromatic nitrogens is 2. The maximum atomic E-state index is 13.7. The molecule has 3 aromatic carbocycles. The van der Waals surface area contributed by atoms with E-state index in [2.05, 4.69) is 12.2 Å². The Balaban J connectivity index is 1.57. The Morgan fingerprint density at radius 3 is 2.60 bits per heavy atom. The second-order valence-corrected chi connectivity index (χ2v) is 9.37. The molecule has 5 aromatic rings. The number of aryl methyl sites for hydroxylation is 3. The zero-order valence-corrected chi connectivity index (χ0v) is 20.6.